The van der Waals surface area contributed by atoms with Gasteiger partial charge in [-0.1, -0.05) is 53.0 Å². The Morgan fingerprint density at radius 2 is 2.08 bits per heavy atom. The van der Waals surface area contributed by atoms with Crippen LogP contribution in [-0.4, -0.2) is 20.9 Å². The second-order valence-corrected chi connectivity index (χ2v) is 6.62. The van der Waals surface area contributed by atoms with Crippen molar-refractivity contribution in [1.82, 2.24) is 9.78 Å². The monoisotopic (exact) mass is 382 g/mol. The molecule has 7 heteroatoms. The molecule has 24 heavy (non-hydrogen) atoms. The van der Waals surface area contributed by atoms with Crippen LogP contribution in [0.1, 0.15) is 12.0 Å². The lowest BCUT2D eigenvalue weighted by Gasteiger charge is -2.10. The smallest absolute Gasteiger partial charge is 0.307 e. The van der Waals surface area contributed by atoms with Gasteiger partial charge < -0.3 is 5.11 Å². The van der Waals surface area contributed by atoms with E-state index in [1.54, 1.807) is 29.0 Å². The third-order valence-corrected chi connectivity index (χ3v) is 4.74. The van der Waals surface area contributed by atoms with E-state index in [1.807, 2.05) is 12.2 Å². The van der Waals surface area contributed by atoms with Crippen LogP contribution in [0.5, 0.6) is 0 Å². The van der Waals surface area contributed by atoms with E-state index in [-0.39, 0.29) is 6.42 Å². The molecule has 0 atom stereocenters. The summed E-state index contributed by atoms with van der Waals surface area (Å²) in [7, 11) is 0. The summed E-state index contributed by atoms with van der Waals surface area (Å²) in [6.07, 6.45) is 6.11. The van der Waals surface area contributed by atoms with Gasteiger partial charge in [-0.2, -0.15) is 5.10 Å². The van der Waals surface area contributed by atoms with Gasteiger partial charge in [0, 0.05) is 27.4 Å². The lowest BCUT2D eigenvalue weighted by molar-refractivity contribution is -0.136. The van der Waals surface area contributed by atoms with Crippen LogP contribution in [0.15, 0.2) is 52.1 Å². The number of hydrogen-bond donors (Lipinski definition) is 1. The zero-order valence-corrected chi connectivity index (χ0v) is 14.7. The number of hydrogen-bond acceptors (Lipinski definition) is 2. The van der Waals surface area contributed by atoms with Gasteiger partial charge in [0.25, 0.3) is 0 Å². The van der Waals surface area contributed by atoms with Crippen LogP contribution in [0.25, 0.3) is 10.9 Å². The van der Waals surface area contributed by atoms with Crippen LogP contribution < -0.4 is 0 Å². The molecule has 0 spiro atoms. The van der Waals surface area contributed by atoms with E-state index in [1.165, 1.54) is 0 Å². The molecule has 1 aliphatic rings. The summed E-state index contributed by atoms with van der Waals surface area (Å²) in [5.74, 6) is -0.891. The first-order chi connectivity index (χ1) is 11.5. The minimum atomic E-state index is -0.891. The summed E-state index contributed by atoms with van der Waals surface area (Å²) >= 11 is 18.8. The summed E-state index contributed by atoms with van der Waals surface area (Å²) in [6.45, 7) is 0.357. The number of nitrogens with zero attached hydrogens (tertiary/aromatic N) is 2. The van der Waals surface area contributed by atoms with Gasteiger partial charge >= 0.3 is 5.97 Å². The minimum absolute atomic E-state index is 0.0627. The van der Waals surface area contributed by atoms with E-state index >= 15 is 0 Å². The lowest BCUT2D eigenvalue weighted by atomic mass is 10.1. The molecule has 0 radical (unpaired) electrons. The number of aromatic nitrogens is 2. The van der Waals surface area contributed by atoms with E-state index < -0.39 is 5.97 Å². The van der Waals surface area contributed by atoms with Gasteiger partial charge in [0.15, 0.2) is 5.15 Å². The molecule has 0 fully saturated rings. The molecule has 1 aromatic carbocycles. The van der Waals surface area contributed by atoms with Gasteiger partial charge in [0.1, 0.15) is 0 Å². The molecule has 0 saturated carbocycles. The summed E-state index contributed by atoms with van der Waals surface area (Å²) < 4.78 is 1.70. The molecule has 124 valence electrons. The normalized spacial score (nSPS) is 14.9. The Morgan fingerprint density at radius 3 is 2.83 bits per heavy atom. The first-order valence-electron chi connectivity index (χ1n) is 7.22. The van der Waals surface area contributed by atoms with Gasteiger partial charge in [-0.05, 0) is 23.8 Å². The SMILES string of the molecule is O=C(O)Cc1ccc2c(Cl)nn(CC3=C(Cl)CC=CC=C3Cl)c2c1. The van der Waals surface area contributed by atoms with Crippen molar-refractivity contribution in [3.63, 3.8) is 0 Å². The average molecular weight is 384 g/mol. The molecule has 1 aliphatic carbocycles. The van der Waals surface area contributed by atoms with Gasteiger partial charge in [0.05, 0.1) is 18.5 Å². The second-order valence-electron chi connectivity index (χ2n) is 5.40. The third kappa shape index (κ3) is 3.51. The van der Waals surface area contributed by atoms with Gasteiger partial charge in [-0.3, -0.25) is 9.48 Å². The molecule has 0 unspecified atom stereocenters. The quantitative estimate of drug-likeness (QED) is 0.817. The fourth-order valence-electron chi connectivity index (χ4n) is 2.57. The highest BCUT2D eigenvalue weighted by atomic mass is 35.5. The number of benzene rings is 1. The molecular formula is C17H13Cl3N2O2. The van der Waals surface area contributed by atoms with E-state index in [2.05, 4.69) is 5.10 Å². The Morgan fingerprint density at radius 1 is 1.29 bits per heavy atom. The first-order valence-corrected chi connectivity index (χ1v) is 8.36. The van der Waals surface area contributed by atoms with Crippen LogP contribution >= 0.6 is 34.8 Å². The highest BCUT2D eigenvalue weighted by Crippen LogP contribution is 2.31. The second kappa shape index (κ2) is 7.01. The molecule has 4 nitrogen and oxygen atoms in total. The number of carbonyl (C=O) groups is 1. The van der Waals surface area contributed by atoms with Crippen molar-refractivity contribution < 1.29 is 9.90 Å². The molecule has 3 rings (SSSR count). The van der Waals surface area contributed by atoms with Crippen molar-refractivity contribution in [2.24, 2.45) is 0 Å². The van der Waals surface area contributed by atoms with Crippen molar-refractivity contribution in [3.05, 3.63) is 62.8 Å². The van der Waals surface area contributed by atoms with E-state index in [0.717, 1.165) is 16.5 Å². The first kappa shape index (κ1) is 17.1. The Bertz CT molecular complexity index is 910. The number of aliphatic carboxylic acids is 1. The van der Waals surface area contributed by atoms with E-state index in [0.29, 0.717) is 33.7 Å². The Kier molecular flexibility index (Phi) is 4.99. The highest BCUT2D eigenvalue weighted by molar-refractivity contribution is 6.36. The Balaban J connectivity index is 2.04. The minimum Gasteiger partial charge on any atom is -0.481 e. The summed E-state index contributed by atoms with van der Waals surface area (Å²) in [4.78, 5) is 10.9. The van der Waals surface area contributed by atoms with Crippen LogP contribution in [-0.2, 0) is 17.8 Å². The zero-order valence-electron chi connectivity index (χ0n) is 12.5. The highest BCUT2D eigenvalue weighted by Gasteiger charge is 2.16. The maximum Gasteiger partial charge on any atom is 0.307 e. The standard InChI is InChI=1S/C17H13Cl3N2O2/c18-13-3-1-2-4-14(19)12(13)9-22-15-7-10(8-16(23)24)5-6-11(15)17(20)21-22/h1-3,5-7H,4,8-9H2,(H,23,24). The molecule has 0 saturated heterocycles. The van der Waals surface area contributed by atoms with Crippen LogP contribution in [0.3, 0.4) is 0 Å². The third-order valence-electron chi connectivity index (χ3n) is 3.73. The average Bonchev–Trinajstić information content (AvgIpc) is 2.74. The molecule has 0 aliphatic heterocycles. The number of fused-ring (bicyclic) bond motifs is 1. The molecule has 1 aromatic heterocycles. The van der Waals surface area contributed by atoms with Crippen molar-refractivity contribution >= 4 is 51.7 Å². The fraction of sp³-hybridized carbons (Fsp3) is 0.176. The van der Waals surface area contributed by atoms with Gasteiger partial charge in [-0.15, -0.1) is 0 Å². The largest absolute Gasteiger partial charge is 0.481 e. The lowest BCUT2D eigenvalue weighted by Crippen LogP contribution is -2.05. The molecule has 0 bridgehead atoms. The zero-order chi connectivity index (χ0) is 17.3. The summed E-state index contributed by atoms with van der Waals surface area (Å²) in [5.41, 5.74) is 2.20. The number of carboxylic acids is 1. The van der Waals surface area contributed by atoms with Crippen molar-refractivity contribution in [1.29, 1.82) is 0 Å². The van der Waals surface area contributed by atoms with Crippen molar-refractivity contribution in [2.75, 3.05) is 0 Å². The molecule has 1 heterocycles. The van der Waals surface area contributed by atoms with Crippen LogP contribution in [0.4, 0.5) is 0 Å². The molecular weight excluding hydrogens is 371 g/mol. The maximum atomic E-state index is 10.9. The fourth-order valence-corrected chi connectivity index (χ4v) is 3.37. The number of allylic oxidation sites excluding steroid dienone is 6. The van der Waals surface area contributed by atoms with Crippen LogP contribution in [0, 0.1) is 0 Å². The molecule has 0 amide bonds. The Labute approximate surface area is 153 Å². The predicted octanol–water partition coefficient (Wildman–Crippen LogP) is 4.89. The Hall–Kier alpha value is -1.75. The molecule has 2 aromatic rings. The van der Waals surface area contributed by atoms with Crippen molar-refractivity contribution in [3.8, 4) is 0 Å². The van der Waals surface area contributed by atoms with E-state index in [9.17, 15) is 4.79 Å². The van der Waals surface area contributed by atoms with Gasteiger partial charge in [0.2, 0.25) is 0 Å². The molecule has 1 N–H and O–H groups in total. The predicted molar refractivity (Wildman–Crippen MR) is 96.7 cm³/mol. The number of rotatable bonds is 4. The van der Waals surface area contributed by atoms with Crippen molar-refractivity contribution in [2.45, 2.75) is 19.4 Å². The summed E-state index contributed by atoms with van der Waals surface area (Å²) in [5, 5.41) is 15.6. The number of halogens is 3. The van der Waals surface area contributed by atoms with Crippen LogP contribution in [0.2, 0.25) is 5.15 Å². The van der Waals surface area contributed by atoms with Gasteiger partial charge in [-0.25, -0.2) is 0 Å². The van der Waals surface area contributed by atoms with E-state index in [4.69, 9.17) is 39.9 Å². The maximum absolute atomic E-state index is 10.9. The number of carboxylic acid groups (broad SMARTS) is 1. The topological polar surface area (TPSA) is 55.1 Å². The summed E-state index contributed by atoms with van der Waals surface area (Å²) in [6, 6.07) is 5.30.